The molecular weight excluding hydrogens is 630 g/mol. The summed E-state index contributed by atoms with van der Waals surface area (Å²) < 4.78 is 11.6. The van der Waals surface area contributed by atoms with Crippen LogP contribution in [0.5, 0.6) is 5.75 Å². The van der Waals surface area contributed by atoms with Crippen molar-refractivity contribution in [3.8, 4) is 5.75 Å². The van der Waals surface area contributed by atoms with Crippen LogP contribution < -0.4 is 15.4 Å². The number of rotatable bonds is 18. The van der Waals surface area contributed by atoms with Crippen molar-refractivity contribution in [2.45, 2.75) is 57.9 Å². The lowest BCUT2D eigenvalue weighted by atomic mass is 9.84. The van der Waals surface area contributed by atoms with Gasteiger partial charge in [0.05, 0.1) is 31.2 Å². The molecule has 5 rings (SSSR count). The molecule has 0 aliphatic carbocycles. The molecule has 1 heterocycles. The highest BCUT2D eigenvalue weighted by Gasteiger charge is 2.30. The number of aliphatic hydroxyl groups is 1. The number of hydrogen-bond acceptors (Lipinski definition) is 7. The molecular formula is C40H45N5O5. The van der Waals surface area contributed by atoms with E-state index in [1.165, 1.54) is 11.2 Å². The summed E-state index contributed by atoms with van der Waals surface area (Å²) >= 11 is 0. The molecule has 0 aliphatic heterocycles. The summed E-state index contributed by atoms with van der Waals surface area (Å²) in [4.78, 5) is 36.5. The smallest absolute Gasteiger partial charge is 0.241 e. The van der Waals surface area contributed by atoms with Crippen LogP contribution in [0.25, 0.3) is 0 Å². The second-order valence-electron chi connectivity index (χ2n) is 12.8. The van der Waals surface area contributed by atoms with E-state index in [0.29, 0.717) is 24.6 Å². The minimum absolute atomic E-state index is 0.139. The van der Waals surface area contributed by atoms with E-state index in [9.17, 15) is 14.7 Å². The molecule has 0 spiro atoms. The number of amides is 2. The maximum absolute atomic E-state index is 14.3. The minimum Gasteiger partial charge on any atom is -0.489 e. The molecule has 0 fully saturated rings. The number of aromatic amines is 1. The quantitative estimate of drug-likeness (QED) is 0.0952. The van der Waals surface area contributed by atoms with Crippen LogP contribution in [0.4, 0.5) is 0 Å². The van der Waals surface area contributed by atoms with E-state index in [-0.39, 0.29) is 37.4 Å². The number of nitrogens with one attached hydrogen (secondary N) is 3. The molecule has 0 unspecified atom stereocenters. The van der Waals surface area contributed by atoms with Crippen LogP contribution in [0.2, 0.25) is 0 Å². The summed E-state index contributed by atoms with van der Waals surface area (Å²) in [5.41, 5.74) is 4.11. The summed E-state index contributed by atoms with van der Waals surface area (Å²) in [5, 5.41) is 16.8. The Morgan fingerprint density at radius 3 is 2.08 bits per heavy atom. The Morgan fingerprint density at radius 1 is 0.840 bits per heavy atom. The number of carbonyl (C=O) groups excluding carboxylic acids is 2. The van der Waals surface area contributed by atoms with E-state index in [4.69, 9.17) is 9.47 Å². The fourth-order valence-electron chi connectivity index (χ4n) is 5.42. The molecule has 0 bridgehead atoms. The van der Waals surface area contributed by atoms with Crippen LogP contribution in [0.3, 0.4) is 0 Å². The average molecular weight is 676 g/mol. The number of aromatic nitrogens is 2. The van der Waals surface area contributed by atoms with Crippen LogP contribution in [0.1, 0.15) is 41.8 Å². The van der Waals surface area contributed by atoms with Crippen molar-refractivity contribution in [1.82, 2.24) is 25.5 Å². The topological polar surface area (TPSA) is 129 Å². The maximum Gasteiger partial charge on any atom is 0.241 e. The van der Waals surface area contributed by atoms with Gasteiger partial charge >= 0.3 is 0 Å². The monoisotopic (exact) mass is 675 g/mol. The van der Waals surface area contributed by atoms with E-state index in [1.54, 1.807) is 6.20 Å². The summed E-state index contributed by atoms with van der Waals surface area (Å²) in [6.45, 7) is 5.02. The Bertz CT molecular complexity index is 1730. The molecule has 50 heavy (non-hydrogen) atoms. The summed E-state index contributed by atoms with van der Waals surface area (Å²) in [6, 6.07) is 35.8. The van der Waals surface area contributed by atoms with Crippen LogP contribution >= 0.6 is 0 Å². The highest BCUT2D eigenvalue weighted by molar-refractivity contribution is 5.87. The van der Waals surface area contributed by atoms with Gasteiger partial charge in [0.1, 0.15) is 12.4 Å². The zero-order valence-corrected chi connectivity index (χ0v) is 28.5. The molecule has 260 valence electrons. The van der Waals surface area contributed by atoms with Gasteiger partial charge in [-0.3, -0.25) is 14.9 Å². The Balaban J connectivity index is 1.31. The number of H-pyrrole nitrogens is 1. The average Bonchev–Trinajstić information content (AvgIpc) is 3.66. The molecule has 4 aromatic carbocycles. The van der Waals surface area contributed by atoms with Crippen molar-refractivity contribution < 1.29 is 24.2 Å². The fourth-order valence-corrected chi connectivity index (χ4v) is 5.42. The second-order valence-corrected chi connectivity index (χ2v) is 12.8. The lowest BCUT2D eigenvalue weighted by Gasteiger charge is -2.30. The number of imidazole rings is 1. The lowest BCUT2D eigenvalue weighted by Crippen LogP contribution is -2.53. The summed E-state index contributed by atoms with van der Waals surface area (Å²) in [6.07, 6.45) is 1.92. The van der Waals surface area contributed by atoms with Crippen LogP contribution in [-0.2, 0) is 45.9 Å². The van der Waals surface area contributed by atoms with Gasteiger partial charge in [-0.05, 0) is 34.4 Å². The van der Waals surface area contributed by atoms with Crippen LogP contribution in [0.15, 0.2) is 128 Å². The molecule has 1 aromatic heterocycles. The molecule has 2 atom stereocenters. The SMILES string of the molecule is CC(C)(CNC(=O)CN(Cc1ccc(OCc2ccccc2)cc1)C(=O)[C@H](Cc1c[nH]cn1)N[C@H](O)OCc1ccccc1)c1ccccc1. The third kappa shape index (κ3) is 11.1. The molecule has 0 aliphatic rings. The molecule has 0 saturated carbocycles. The Morgan fingerprint density at radius 2 is 1.46 bits per heavy atom. The van der Waals surface area contributed by atoms with Gasteiger partial charge in [-0.2, -0.15) is 0 Å². The molecule has 5 aromatic rings. The first-order valence-electron chi connectivity index (χ1n) is 16.7. The Hall–Kier alpha value is -5.29. The first-order chi connectivity index (χ1) is 24.2. The minimum atomic E-state index is -1.45. The zero-order chi connectivity index (χ0) is 35.2. The van der Waals surface area contributed by atoms with E-state index >= 15 is 0 Å². The van der Waals surface area contributed by atoms with E-state index in [0.717, 1.165) is 22.3 Å². The van der Waals surface area contributed by atoms with E-state index in [1.807, 2.05) is 115 Å². The van der Waals surface area contributed by atoms with Gasteiger partial charge in [-0.1, -0.05) is 117 Å². The third-order valence-corrected chi connectivity index (χ3v) is 8.33. The Kier molecular flexibility index (Phi) is 12.9. The fraction of sp³-hybridized carbons (Fsp3) is 0.275. The standard InChI is InChI=1S/C40H45N5O5/c1-40(2,33-16-10-5-11-17-33)28-42-37(46)25-45(24-30-18-20-35(21-19-30)49-26-31-12-6-3-7-13-31)38(47)36(22-34-23-41-29-43-34)44-39(48)50-27-32-14-8-4-9-15-32/h3-21,23,29,36,39,44,48H,22,24-28H2,1-2H3,(H,41,43)(H,42,46)/t36-,39+/m0/s1. The highest BCUT2D eigenvalue weighted by atomic mass is 16.6. The number of benzene rings is 4. The number of nitrogens with zero attached hydrogens (tertiary/aromatic N) is 2. The van der Waals surface area contributed by atoms with Crippen molar-refractivity contribution in [2.24, 2.45) is 0 Å². The molecule has 0 saturated heterocycles. The second kappa shape index (κ2) is 17.9. The molecule has 2 amide bonds. The molecule has 10 nitrogen and oxygen atoms in total. The number of aliphatic hydroxyl groups excluding tert-OH is 1. The van der Waals surface area contributed by atoms with Gasteiger partial charge in [0, 0.05) is 31.1 Å². The van der Waals surface area contributed by atoms with Gasteiger partial charge in [-0.25, -0.2) is 4.98 Å². The lowest BCUT2D eigenvalue weighted by molar-refractivity contribution is -0.152. The summed E-state index contributed by atoms with van der Waals surface area (Å²) in [7, 11) is 0. The van der Waals surface area contributed by atoms with Gasteiger partial charge in [0.25, 0.3) is 0 Å². The molecule has 10 heteroatoms. The normalized spacial score (nSPS) is 12.5. The first kappa shape index (κ1) is 36.0. The third-order valence-electron chi connectivity index (χ3n) is 8.33. The molecule has 4 N–H and O–H groups in total. The van der Waals surface area contributed by atoms with Gasteiger partial charge in [0.2, 0.25) is 18.2 Å². The van der Waals surface area contributed by atoms with Crippen molar-refractivity contribution >= 4 is 11.8 Å². The van der Waals surface area contributed by atoms with E-state index in [2.05, 4.69) is 34.4 Å². The van der Waals surface area contributed by atoms with Gasteiger partial charge in [-0.15, -0.1) is 0 Å². The highest BCUT2D eigenvalue weighted by Crippen LogP contribution is 2.22. The van der Waals surface area contributed by atoms with Crippen molar-refractivity contribution in [3.63, 3.8) is 0 Å². The van der Waals surface area contributed by atoms with E-state index < -0.39 is 18.4 Å². The predicted molar refractivity (Wildman–Crippen MR) is 192 cm³/mol. The largest absolute Gasteiger partial charge is 0.489 e. The zero-order valence-electron chi connectivity index (χ0n) is 28.5. The van der Waals surface area contributed by atoms with Gasteiger partial charge in [0.15, 0.2) is 0 Å². The van der Waals surface area contributed by atoms with Gasteiger partial charge < -0.3 is 29.8 Å². The van der Waals surface area contributed by atoms with Crippen LogP contribution in [0, 0.1) is 0 Å². The number of hydrogen-bond donors (Lipinski definition) is 4. The Labute approximate surface area is 293 Å². The first-order valence-corrected chi connectivity index (χ1v) is 16.7. The molecule has 0 radical (unpaired) electrons. The van der Waals surface area contributed by atoms with Crippen LogP contribution in [-0.4, -0.2) is 57.3 Å². The van der Waals surface area contributed by atoms with Crippen molar-refractivity contribution in [1.29, 1.82) is 0 Å². The predicted octanol–water partition coefficient (Wildman–Crippen LogP) is 5.10. The number of ether oxygens (including phenoxy) is 2. The van der Waals surface area contributed by atoms with Crippen molar-refractivity contribution in [2.75, 3.05) is 13.1 Å². The number of carbonyl (C=O) groups is 2. The maximum atomic E-state index is 14.3. The summed E-state index contributed by atoms with van der Waals surface area (Å²) in [5.74, 6) is -0.00469. The van der Waals surface area contributed by atoms with Crippen molar-refractivity contribution in [3.05, 3.63) is 156 Å².